The Balaban J connectivity index is 2.07. The summed E-state index contributed by atoms with van der Waals surface area (Å²) in [6.07, 6.45) is 12.1. The van der Waals surface area contributed by atoms with Crippen LogP contribution in [0, 0.1) is 5.41 Å². The third kappa shape index (κ3) is 2.20. The molecule has 0 amide bonds. The van der Waals surface area contributed by atoms with Gasteiger partial charge in [0.1, 0.15) is 0 Å². The smallest absolute Gasteiger partial charge is 0.0694 e. The van der Waals surface area contributed by atoms with E-state index in [4.69, 9.17) is 4.74 Å². The van der Waals surface area contributed by atoms with Crippen LogP contribution in [0.2, 0.25) is 0 Å². The first-order chi connectivity index (χ1) is 6.62. The van der Waals surface area contributed by atoms with Crippen molar-refractivity contribution < 1.29 is 4.74 Å². The highest BCUT2D eigenvalue weighted by molar-refractivity contribution is 4.97. The molecule has 14 heavy (non-hydrogen) atoms. The molecule has 0 aromatic heterocycles. The van der Waals surface area contributed by atoms with Gasteiger partial charge in [-0.1, -0.05) is 32.4 Å². The zero-order chi connectivity index (χ0) is 10.1. The van der Waals surface area contributed by atoms with Gasteiger partial charge in [0.25, 0.3) is 0 Å². The minimum absolute atomic E-state index is 0.214. The van der Waals surface area contributed by atoms with Gasteiger partial charge in [-0.2, -0.15) is 0 Å². The van der Waals surface area contributed by atoms with E-state index in [0.717, 1.165) is 6.61 Å². The largest absolute Gasteiger partial charge is 0.371 e. The van der Waals surface area contributed by atoms with Gasteiger partial charge >= 0.3 is 0 Å². The summed E-state index contributed by atoms with van der Waals surface area (Å²) in [4.78, 5) is 0. The van der Waals surface area contributed by atoms with Crippen molar-refractivity contribution in [1.29, 1.82) is 0 Å². The molecule has 2 aliphatic rings. The molecule has 0 saturated heterocycles. The maximum Gasteiger partial charge on any atom is 0.0694 e. The number of hydrogen-bond donors (Lipinski definition) is 0. The Morgan fingerprint density at radius 1 is 1.07 bits per heavy atom. The molecular weight excluding hydrogens is 172 g/mol. The van der Waals surface area contributed by atoms with E-state index in [1.807, 2.05) is 0 Å². The van der Waals surface area contributed by atoms with Gasteiger partial charge in [-0.25, -0.2) is 0 Å². The molecule has 0 aromatic carbocycles. The molecule has 0 unspecified atom stereocenters. The van der Waals surface area contributed by atoms with Gasteiger partial charge in [0.15, 0.2) is 0 Å². The van der Waals surface area contributed by atoms with E-state index in [9.17, 15) is 0 Å². The minimum Gasteiger partial charge on any atom is -0.371 e. The Bertz CT molecular complexity index is 217. The van der Waals surface area contributed by atoms with Gasteiger partial charge in [0.05, 0.1) is 12.2 Å². The molecule has 1 fully saturated rings. The quantitative estimate of drug-likeness (QED) is 0.534. The van der Waals surface area contributed by atoms with Crippen molar-refractivity contribution in [3.05, 3.63) is 12.2 Å². The molecule has 0 aromatic rings. The number of ether oxygens (including phenoxy) is 1. The zero-order valence-electron chi connectivity index (χ0n) is 9.51. The van der Waals surface area contributed by atoms with Crippen LogP contribution in [-0.2, 0) is 4.74 Å². The summed E-state index contributed by atoms with van der Waals surface area (Å²) in [6, 6.07) is 0. The second-order valence-corrected chi connectivity index (χ2v) is 5.70. The monoisotopic (exact) mass is 194 g/mol. The lowest BCUT2D eigenvalue weighted by Crippen LogP contribution is -2.41. The molecule has 0 radical (unpaired) electrons. The van der Waals surface area contributed by atoms with Crippen LogP contribution in [0.5, 0.6) is 0 Å². The van der Waals surface area contributed by atoms with Gasteiger partial charge < -0.3 is 4.74 Å². The fourth-order valence-corrected chi connectivity index (χ4v) is 3.10. The van der Waals surface area contributed by atoms with E-state index in [0.29, 0.717) is 5.41 Å². The fourth-order valence-electron chi connectivity index (χ4n) is 3.10. The Labute approximate surface area is 87.5 Å². The summed E-state index contributed by atoms with van der Waals surface area (Å²) in [5.41, 5.74) is 0.702. The van der Waals surface area contributed by atoms with Crippen LogP contribution in [0.15, 0.2) is 12.2 Å². The van der Waals surface area contributed by atoms with Crippen molar-refractivity contribution >= 4 is 0 Å². The van der Waals surface area contributed by atoms with E-state index in [2.05, 4.69) is 26.0 Å². The third-order valence-corrected chi connectivity index (χ3v) is 3.71. The van der Waals surface area contributed by atoms with Crippen molar-refractivity contribution in [2.24, 2.45) is 5.41 Å². The molecule has 1 atom stereocenters. The minimum atomic E-state index is 0.214. The van der Waals surface area contributed by atoms with Gasteiger partial charge in [-0.15, -0.1) is 0 Å². The maximum absolute atomic E-state index is 6.08. The lowest BCUT2D eigenvalue weighted by atomic mass is 9.68. The number of rotatable bonds is 0. The van der Waals surface area contributed by atoms with Gasteiger partial charge in [0, 0.05) is 0 Å². The van der Waals surface area contributed by atoms with Crippen LogP contribution in [0.25, 0.3) is 0 Å². The molecule has 2 rings (SSSR count). The molecule has 1 aliphatic carbocycles. The standard InChI is InChI=1S/C13H22O/c1-12(2)7-6-9-13(11-12)8-4-3-5-10-14-13/h3,5H,4,6-11H2,1-2H3/t13-/m1/s1. The summed E-state index contributed by atoms with van der Waals surface area (Å²) in [6.45, 7) is 5.60. The van der Waals surface area contributed by atoms with Crippen LogP contribution >= 0.6 is 0 Å². The molecule has 1 spiro atoms. The summed E-state index contributed by atoms with van der Waals surface area (Å²) in [5.74, 6) is 0. The first kappa shape index (κ1) is 10.2. The van der Waals surface area contributed by atoms with Crippen molar-refractivity contribution in [3.63, 3.8) is 0 Å². The van der Waals surface area contributed by atoms with Crippen LogP contribution in [0.3, 0.4) is 0 Å². The Kier molecular flexibility index (Phi) is 2.70. The summed E-state index contributed by atoms with van der Waals surface area (Å²) < 4.78 is 6.08. The first-order valence-corrected chi connectivity index (χ1v) is 5.91. The molecule has 80 valence electrons. The van der Waals surface area contributed by atoms with Crippen molar-refractivity contribution in [2.45, 2.75) is 58.0 Å². The highest BCUT2D eigenvalue weighted by Gasteiger charge is 2.40. The molecule has 1 heterocycles. The Hall–Kier alpha value is -0.300. The predicted octanol–water partition coefficient (Wildman–Crippen LogP) is 3.69. The van der Waals surface area contributed by atoms with E-state index < -0.39 is 0 Å². The molecule has 1 aliphatic heterocycles. The van der Waals surface area contributed by atoms with Crippen LogP contribution in [0.4, 0.5) is 0 Å². The second kappa shape index (κ2) is 3.69. The highest BCUT2D eigenvalue weighted by Crippen LogP contribution is 2.45. The van der Waals surface area contributed by atoms with Gasteiger partial charge in [-0.05, 0) is 37.5 Å². The van der Waals surface area contributed by atoms with Gasteiger partial charge in [-0.3, -0.25) is 0 Å². The maximum atomic E-state index is 6.08. The normalized spacial score (nSPS) is 37.0. The van der Waals surface area contributed by atoms with Crippen molar-refractivity contribution in [2.75, 3.05) is 6.61 Å². The zero-order valence-corrected chi connectivity index (χ0v) is 9.51. The lowest BCUT2D eigenvalue weighted by molar-refractivity contribution is -0.0894. The number of hydrogen-bond acceptors (Lipinski definition) is 1. The molecule has 1 saturated carbocycles. The molecule has 0 N–H and O–H groups in total. The fraction of sp³-hybridized carbons (Fsp3) is 0.846. The van der Waals surface area contributed by atoms with E-state index >= 15 is 0 Å². The predicted molar refractivity (Wildman–Crippen MR) is 59.3 cm³/mol. The lowest BCUT2D eigenvalue weighted by Gasteiger charge is -2.44. The number of allylic oxidation sites excluding steroid dienone is 1. The highest BCUT2D eigenvalue weighted by atomic mass is 16.5. The van der Waals surface area contributed by atoms with Crippen LogP contribution < -0.4 is 0 Å². The van der Waals surface area contributed by atoms with Crippen molar-refractivity contribution in [1.82, 2.24) is 0 Å². The molecule has 1 heteroatoms. The van der Waals surface area contributed by atoms with Crippen molar-refractivity contribution in [3.8, 4) is 0 Å². The van der Waals surface area contributed by atoms with E-state index in [-0.39, 0.29) is 5.60 Å². The summed E-state index contributed by atoms with van der Waals surface area (Å²) in [7, 11) is 0. The van der Waals surface area contributed by atoms with E-state index in [1.54, 1.807) is 0 Å². The summed E-state index contributed by atoms with van der Waals surface area (Å²) >= 11 is 0. The van der Waals surface area contributed by atoms with Crippen LogP contribution in [0.1, 0.15) is 52.4 Å². The molecular formula is C13H22O. The van der Waals surface area contributed by atoms with Gasteiger partial charge in [0.2, 0.25) is 0 Å². The molecule has 0 bridgehead atoms. The topological polar surface area (TPSA) is 9.23 Å². The average molecular weight is 194 g/mol. The molecule has 1 nitrogen and oxygen atoms in total. The first-order valence-electron chi connectivity index (χ1n) is 5.91. The Morgan fingerprint density at radius 2 is 1.93 bits per heavy atom. The average Bonchev–Trinajstić information content (AvgIpc) is 2.29. The second-order valence-electron chi connectivity index (χ2n) is 5.70. The SMILES string of the molecule is CC1(C)CCC[C@]2(CCC=CCO2)C1. The summed E-state index contributed by atoms with van der Waals surface area (Å²) in [5, 5.41) is 0. The third-order valence-electron chi connectivity index (χ3n) is 3.71. The van der Waals surface area contributed by atoms with E-state index in [1.165, 1.54) is 38.5 Å². The van der Waals surface area contributed by atoms with Crippen LogP contribution in [-0.4, -0.2) is 12.2 Å². The Morgan fingerprint density at radius 3 is 2.71 bits per heavy atom.